The van der Waals surface area contributed by atoms with E-state index < -0.39 is 6.29 Å². The highest BCUT2D eigenvalue weighted by atomic mass is 16.6. The van der Waals surface area contributed by atoms with Crippen molar-refractivity contribution in [3.05, 3.63) is 29.8 Å². The maximum Gasteiger partial charge on any atom is 0.154 e. The molecule has 0 aliphatic carbocycles. The topological polar surface area (TPSA) is 38.7 Å². The second-order valence-corrected chi connectivity index (χ2v) is 3.89. The first kappa shape index (κ1) is 13.0. The molecule has 0 amide bonds. The molecule has 3 heteroatoms. The van der Waals surface area contributed by atoms with Gasteiger partial charge in [-0.25, -0.2) is 0 Å². The van der Waals surface area contributed by atoms with Crippen molar-refractivity contribution in [2.75, 3.05) is 6.61 Å². The van der Waals surface area contributed by atoms with Crippen LogP contribution in [0.2, 0.25) is 0 Å². The molecule has 2 unspecified atom stereocenters. The van der Waals surface area contributed by atoms with Gasteiger partial charge in [-0.3, -0.25) is 0 Å². The van der Waals surface area contributed by atoms with Crippen molar-refractivity contribution in [2.45, 2.75) is 39.6 Å². The van der Waals surface area contributed by atoms with Gasteiger partial charge in [0.2, 0.25) is 0 Å². The van der Waals surface area contributed by atoms with E-state index in [1.54, 1.807) is 0 Å². The summed E-state index contributed by atoms with van der Waals surface area (Å²) < 4.78 is 10.9. The van der Waals surface area contributed by atoms with Gasteiger partial charge in [-0.1, -0.05) is 25.1 Å². The molecule has 16 heavy (non-hydrogen) atoms. The second kappa shape index (κ2) is 6.51. The molecule has 90 valence electrons. The summed E-state index contributed by atoms with van der Waals surface area (Å²) in [5.74, 6) is 0.865. The Kier molecular flexibility index (Phi) is 5.29. The van der Waals surface area contributed by atoms with Gasteiger partial charge in [-0.15, -0.1) is 0 Å². The minimum Gasteiger partial charge on any atom is -0.488 e. The van der Waals surface area contributed by atoms with E-state index in [0.717, 1.165) is 11.3 Å². The molecular weight excluding hydrogens is 204 g/mol. The zero-order chi connectivity index (χ0) is 12.0. The van der Waals surface area contributed by atoms with Crippen LogP contribution in [0.5, 0.6) is 5.75 Å². The normalized spacial score (nSPS) is 14.5. The van der Waals surface area contributed by atoms with E-state index in [0.29, 0.717) is 13.0 Å². The average Bonchev–Trinajstić information content (AvgIpc) is 2.29. The highest BCUT2D eigenvalue weighted by Gasteiger charge is 2.08. The first-order valence-electron chi connectivity index (χ1n) is 5.65. The van der Waals surface area contributed by atoms with Crippen molar-refractivity contribution in [1.29, 1.82) is 0 Å². The zero-order valence-corrected chi connectivity index (χ0v) is 10.1. The molecule has 3 nitrogen and oxygen atoms in total. The zero-order valence-electron chi connectivity index (χ0n) is 10.1. The van der Waals surface area contributed by atoms with Gasteiger partial charge in [-0.2, -0.15) is 0 Å². The molecule has 1 rings (SSSR count). The van der Waals surface area contributed by atoms with Gasteiger partial charge >= 0.3 is 0 Å². The van der Waals surface area contributed by atoms with Crippen LogP contribution in [-0.2, 0) is 4.74 Å². The molecule has 1 aromatic rings. The Morgan fingerprint density at radius 1 is 1.31 bits per heavy atom. The fourth-order valence-electron chi connectivity index (χ4n) is 1.30. The highest BCUT2D eigenvalue weighted by Crippen LogP contribution is 2.17. The van der Waals surface area contributed by atoms with Gasteiger partial charge in [-0.05, 0) is 31.9 Å². The molecule has 0 aliphatic rings. The average molecular weight is 224 g/mol. The second-order valence-electron chi connectivity index (χ2n) is 3.89. The Bertz CT molecular complexity index is 312. The number of hydrogen-bond acceptors (Lipinski definition) is 3. The molecule has 1 N–H and O–H groups in total. The van der Waals surface area contributed by atoms with Crippen LogP contribution in [0, 0.1) is 6.92 Å². The van der Waals surface area contributed by atoms with Crippen LogP contribution >= 0.6 is 0 Å². The molecule has 0 fully saturated rings. The predicted octanol–water partition coefficient (Wildman–Crippen LogP) is 2.51. The first-order valence-corrected chi connectivity index (χ1v) is 5.65. The minimum atomic E-state index is -0.692. The number of aliphatic hydroxyl groups excluding tert-OH is 1. The number of aliphatic hydroxyl groups is 1. The van der Waals surface area contributed by atoms with Crippen LogP contribution in [0.3, 0.4) is 0 Å². The Morgan fingerprint density at radius 2 is 2.00 bits per heavy atom. The molecule has 0 bridgehead atoms. The summed E-state index contributed by atoms with van der Waals surface area (Å²) in [4.78, 5) is 0. The molecule has 0 heterocycles. The van der Waals surface area contributed by atoms with Crippen LogP contribution in [0.15, 0.2) is 24.3 Å². The van der Waals surface area contributed by atoms with E-state index >= 15 is 0 Å². The molecule has 0 radical (unpaired) electrons. The van der Waals surface area contributed by atoms with Gasteiger partial charge in [0, 0.05) is 0 Å². The summed E-state index contributed by atoms with van der Waals surface area (Å²) in [6.45, 7) is 6.19. The van der Waals surface area contributed by atoms with Gasteiger partial charge in [0.25, 0.3) is 0 Å². The summed E-state index contributed by atoms with van der Waals surface area (Å²) in [7, 11) is 0. The van der Waals surface area contributed by atoms with Crippen LogP contribution in [0.4, 0.5) is 0 Å². The van der Waals surface area contributed by atoms with E-state index in [4.69, 9.17) is 9.47 Å². The lowest BCUT2D eigenvalue weighted by atomic mass is 10.2. The quantitative estimate of drug-likeness (QED) is 0.754. The standard InChI is InChI=1S/C13H20O3/c1-4-13(14)15-9-11(3)16-12-8-6-5-7-10(12)2/h5-8,11,13-14H,4,9H2,1-3H3. The van der Waals surface area contributed by atoms with Gasteiger partial charge in [0.05, 0.1) is 6.61 Å². The Hall–Kier alpha value is -1.06. The van der Waals surface area contributed by atoms with Gasteiger partial charge in [0.15, 0.2) is 6.29 Å². The molecule has 0 spiro atoms. The third-order valence-electron chi connectivity index (χ3n) is 2.29. The van der Waals surface area contributed by atoms with Crippen LogP contribution in [-0.4, -0.2) is 24.1 Å². The highest BCUT2D eigenvalue weighted by molar-refractivity contribution is 5.31. The van der Waals surface area contributed by atoms with E-state index in [2.05, 4.69) is 0 Å². The summed E-state index contributed by atoms with van der Waals surface area (Å²) in [6.07, 6.45) is -0.165. The van der Waals surface area contributed by atoms with Crippen molar-refractivity contribution in [3.8, 4) is 5.75 Å². The van der Waals surface area contributed by atoms with E-state index in [9.17, 15) is 5.11 Å². The van der Waals surface area contributed by atoms with Crippen LogP contribution in [0.25, 0.3) is 0 Å². The van der Waals surface area contributed by atoms with Crippen LogP contribution < -0.4 is 4.74 Å². The Labute approximate surface area is 97.0 Å². The molecule has 0 aliphatic heterocycles. The number of para-hydroxylation sites is 1. The number of hydrogen-bond donors (Lipinski definition) is 1. The van der Waals surface area contributed by atoms with Gasteiger partial charge < -0.3 is 14.6 Å². The summed E-state index contributed by atoms with van der Waals surface area (Å²) in [5.41, 5.74) is 1.10. The minimum absolute atomic E-state index is 0.0673. The van der Waals surface area contributed by atoms with Crippen LogP contribution in [0.1, 0.15) is 25.8 Å². The lowest BCUT2D eigenvalue weighted by Crippen LogP contribution is -2.23. The molecule has 0 saturated carbocycles. The summed E-state index contributed by atoms with van der Waals surface area (Å²) in [6, 6.07) is 7.85. The monoisotopic (exact) mass is 224 g/mol. The molecular formula is C13H20O3. The fourth-order valence-corrected chi connectivity index (χ4v) is 1.30. The molecule has 0 aromatic heterocycles. The van der Waals surface area contributed by atoms with Crippen molar-refractivity contribution >= 4 is 0 Å². The third kappa shape index (κ3) is 4.21. The van der Waals surface area contributed by atoms with E-state index in [1.807, 2.05) is 45.0 Å². The summed E-state index contributed by atoms with van der Waals surface area (Å²) in [5, 5.41) is 9.25. The maximum atomic E-state index is 9.25. The number of benzene rings is 1. The fraction of sp³-hybridized carbons (Fsp3) is 0.538. The van der Waals surface area contributed by atoms with Crippen molar-refractivity contribution in [3.63, 3.8) is 0 Å². The SMILES string of the molecule is CCC(O)OCC(C)Oc1ccccc1C. The Balaban J connectivity index is 2.40. The predicted molar refractivity (Wildman–Crippen MR) is 63.5 cm³/mol. The van der Waals surface area contributed by atoms with Crippen molar-refractivity contribution in [1.82, 2.24) is 0 Å². The number of aryl methyl sites for hydroxylation is 1. The van der Waals surface area contributed by atoms with Crippen molar-refractivity contribution in [2.24, 2.45) is 0 Å². The molecule has 0 saturated heterocycles. The smallest absolute Gasteiger partial charge is 0.154 e. The largest absolute Gasteiger partial charge is 0.488 e. The lowest BCUT2D eigenvalue weighted by molar-refractivity contribution is -0.116. The third-order valence-corrected chi connectivity index (χ3v) is 2.29. The molecule has 1 aromatic carbocycles. The van der Waals surface area contributed by atoms with Crippen molar-refractivity contribution < 1.29 is 14.6 Å². The Morgan fingerprint density at radius 3 is 2.62 bits per heavy atom. The number of ether oxygens (including phenoxy) is 2. The van der Waals surface area contributed by atoms with Gasteiger partial charge in [0.1, 0.15) is 11.9 Å². The molecule has 2 atom stereocenters. The number of rotatable bonds is 6. The first-order chi connectivity index (χ1) is 7.63. The van der Waals surface area contributed by atoms with E-state index in [1.165, 1.54) is 0 Å². The maximum absolute atomic E-state index is 9.25. The summed E-state index contributed by atoms with van der Waals surface area (Å²) >= 11 is 0. The van der Waals surface area contributed by atoms with E-state index in [-0.39, 0.29) is 6.10 Å². The lowest BCUT2D eigenvalue weighted by Gasteiger charge is -2.18.